The Bertz CT molecular complexity index is 737. The molecule has 1 N–H and O–H groups in total. The Morgan fingerprint density at radius 3 is 1.14 bits per heavy atom. The van der Waals surface area contributed by atoms with E-state index in [1.165, 1.54) is 33.4 Å². The van der Waals surface area contributed by atoms with Crippen molar-refractivity contribution in [3.8, 4) is 0 Å². The van der Waals surface area contributed by atoms with E-state index in [1.54, 1.807) is 6.20 Å². The Kier molecular flexibility index (Phi) is 7.35. The molecule has 0 aliphatic carbocycles. The Morgan fingerprint density at radius 2 is 0.929 bits per heavy atom. The number of hydrogen-bond donors (Lipinski definition) is 1. The van der Waals surface area contributed by atoms with E-state index in [0.717, 1.165) is 5.57 Å². The van der Waals surface area contributed by atoms with Crippen molar-refractivity contribution in [3.63, 3.8) is 0 Å². The molecule has 0 bridgehead atoms. The van der Waals surface area contributed by atoms with Gasteiger partial charge in [0.1, 0.15) is 0 Å². The Morgan fingerprint density at radius 1 is 0.643 bits per heavy atom. The molecule has 0 atom stereocenters. The lowest BCUT2D eigenvalue weighted by Gasteiger charge is -2.26. The van der Waals surface area contributed by atoms with Crippen molar-refractivity contribution in [2.75, 3.05) is 0 Å². The predicted octanol–water partition coefficient (Wildman–Crippen LogP) is 8.60. The van der Waals surface area contributed by atoms with E-state index in [0.29, 0.717) is 23.7 Å². The molecule has 0 aromatic heterocycles. The zero-order valence-electron chi connectivity index (χ0n) is 18.8. The van der Waals surface area contributed by atoms with Crippen LogP contribution in [-0.4, -0.2) is 0 Å². The summed E-state index contributed by atoms with van der Waals surface area (Å²) in [4.78, 5) is 0. The molecule has 0 aliphatic rings. The zero-order chi connectivity index (χ0) is 21.0. The molecule has 0 fully saturated rings. The highest BCUT2D eigenvalue weighted by molar-refractivity contribution is 5.86. The van der Waals surface area contributed by atoms with Crippen LogP contribution >= 0.6 is 0 Å². The maximum Gasteiger partial charge on any atom is 0.0573 e. The molecular formula is C26H36N2. The van der Waals surface area contributed by atoms with Gasteiger partial charge in [-0.2, -0.15) is 5.11 Å². The summed E-state index contributed by atoms with van der Waals surface area (Å²) in [6, 6.07) is 13.3. The molecule has 2 heteroatoms. The van der Waals surface area contributed by atoms with Crippen molar-refractivity contribution in [3.05, 3.63) is 76.0 Å². The van der Waals surface area contributed by atoms with Crippen molar-refractivity contribution in [2.45, 2.75) is 79.1 Å². The molecule has 0 aliphatic heterocycles. The van der Waals surface area contributed by atoms with Gasteiger partial charge in [0.25, 0.3) is 0 Å². The summed E-state index contributed by atoms with van der Waals surface area (Å²) in [6.45, 7) is 18.0. The van der Waals surface area contributed by atoms with Gasteiger partial charge < -0.3 is 0 Å². The predicted molar refractivity (Wildman–Crippen MR) is 121 cm³/mol. The summed E-state index contributed by atoms with van der Waals surface area (Å²) in [5, 5.41) is 3.78. The minimum Gasteiger partial charge on any atom is -0.205 e. The van der Waals surface area contributed by atoms with Gasteiger partial charge in [0.15, 0.2) is 0 Å². The third-order valence-corrected chi connectivity index (χ3v) is 5.48. The molecular weight excluding hydrogens is 340 g/mol. The van der Waals surface area contributed by atoms with E-state index in [4.69, 9.17) is 5.53 Å². The third kappa shape index (κ3) is 4.43. The summed E-state index contributed by atoms with van der Waals surface area (Å²) in [6.07, 6.45) is 1.76. The fourth-order valence-electron chi connectivity index (χ4n) is 4.04. The maximum absolute atomic E-state index is 7.69. The second-order valence-corrected chi connectivity index (χ2v) is 8.91. The van der Waals surface area contributed by atoms with Crippen molar-refractivity contribution in [2.24, 2.45) is 5.11 Å². The molecule has 0 saturated carbocycles. The van der Waals surface area contributed by atoms with Crippen molar-refractivity contribution < 1.29 is 0 Å². The van der Waals surface area contributed by atoms with Crippen LogP contribution in [0.2, 0.25) is 0 Å². The largest absolute Gasteiger partial charge is 0.205 e. The first kappa shape index (κ1) is 22.1. The van der Waals surface area contributed by atoms with E-state index < -0.39 is 0 Å². The molecule has 0 unspecified atom stereocenters. The standard InChI is InChI=1S/C26H36N2/c1-16(2)20-11-9-12-21(17(3)4)25(20)24(15-28-27)26-22(18(5)6)13-10-14-23(26)19(7)8/h9-19,27H,1-8H3. The first-order valence-electron chi connectivity index (χ1n) is 10.5. The van der Waals surface area contributed by atoms with Gasteiger partial charge in [-0.25, -0.2) is 5.53 Å². The maximum atomic E-state index is 7.69. The molecule has 2 nitrogen and oxygen atoms in total. The van der Waals surface area contributed by atoms with Crippen LogP contribution in [0.3, 0.4) is 0 Å². The first-order chi connectivity index (χ1) is 13.2. The molecule has 2 aromatic carbocycles. The second kappa shape index (κ2) is 9.32. The van der Waals surface area contributed by atoms with Gasteiger partial charge in [0.2, 0.25) is 0 Å². The minimum absolute atomic E-state index is 0.400. The van der Waals surface area contributed by atoms with Crippen LogP contribution in [0, 0.1) is 5.53 Å². The molecule has 0 spiro atoms. The second-order valence-electron chi connectivity index (χ2n) is 8.91. The van der Waals surface area contributed by atoms with Gasteiger partial charge in [0.05, 0.1) is 6.20 Å². The van der Waals surface area contributed by atoms with Crippen LogP contribution in [0.4, 0.5) is 0 Å². The molecule has 0 radical (unpaired) electrons. The van der Waals surface area contributed by atoms with Crippen LogP contribution in [0.25, 0.3) is 5.57 Å². The fourth-order valence-corrected chi connectivity index (χ4v) is 4.04. The van der Waals surface area contributed by atoms with Crippen LogP contribution in [0.5, 0.6) is 0 Å². The van der Waals surface area contributed by atoms with Gasteiger partial charge in [-0.15, -0.1) is 0 Å². The van der Waals surface area contributed by atoms with E-state index >= 15 is 0 Å². The van der Waals surface area contributed by atoms with Gasteiger partial charge in [-0.3, -0.25) is 0 Å². The highest BCUT2D eigenvalue weighted by atomic mass is 14.9. The highest BCUT2D eigenvalue weighted by Crippen LogP contribution is 2.41. The summed E-state index contributed by atoms with van der Waals surface area (Å²) in [5.41, 5.74) is 16.6. The van der Waals surface area contributed by atoms with Crippen LogP contribution < -0.4 is 0 Å². The van der Waals surface area contributed by atoms with E-state index in [1.807, 2.05) is 0 Å². The average molecular weight is 377 g/mol. The number of rotatable bonds is 7. The van der Waals surface area contributed by atoms with Gasteiger partial charge in [-0.05, 0) is 57.1 Å². The van der Waals surface area contributed by atoms with E-state index in [9.17, 15) is 0 Å². The summed E-state index contributed by atoms with van der Waals surface area (Å²) < 4.78 is 0. The summed E-state index contributed by atoms with van der Waals surface area (Å²) >= 11 is 0. The summed E-state index contributed by atoms with van der Waals surface area (Å²) in [5.74, 6) is 1.60. The molecule has 28 heavy (non-hydrogen) atoms. The smallest absolute Gasteiger partial charge is 0.0573 e. The van der Waals surface area contributed by atoms with Crippen LogP contribution in [0.1, 0.15) is 112 Å². The lowest BCUT2D eigenvalue weighted by atomic mass is 9.78. The molecule has 150 valence electrons. The number of benzene rings is 2. The van der Waals surface area contributed by atoms with Crippen LogP contribution in [-0.2, 0) is 0 Å². The van der Waals surface area contributed by atoms with Gasteiger partial charge >= 0.3 is 0 Å². The van der Waals surface area contributed by atoms with Crippen LogP contribution in [0.15, 0.2) is 47.7 Å². The Hall–Kier alpha value is -2.22. The third-order valence-electron chi connectivity index (χ3n) is 5.48. The van der Waals surface area contributed by atoms with Gasteiger partial charge in [0, 0.05) is 5.57 Å². The lowest BCUT2D eigenvalue weighted by molar-refractivity contribution is 0.816. The topological polar surface area (TPSA) is 36.2 Å². The molecule has 2 rings (SSSR count). The number of nitrogens with zero attached hydrogens (tertiary/aromatic N) is 1. The quantitative estimate of drug-likeness (QED) is 0.470. The monoisotopic (exact) mass is 376 g/mol. The SMILES string of the molecule is CC(C)c1cccc(C(C)C)c1C(=CN=N)c1c(C(C)C)cccc1C(C)C. The zero-order valence-corrected chi connectivity index (χ0v) is 18.8. The number of nitrogens with one attached hydrogen (secondary N) is 1. The van der Waals surface area contributed by atoms with E-state index in [2.05, 4.69) is 96.9 Å². The van der Waals surface area contributed by atoms with Crippen molar-refractivity contribution >= 4 is 5.57 Å². The van der Waals surface area contributed by atoms with Gasteiger partial charge in [-0.1, -0.05) is 91.8 Å². The molecule has 0 amide bonds. The Labute approximate surface area is 171 Å². The molecule has 2 aromatic rings. The first-order valence-corrected chi connectivity index (χ1v) is 10.5. The Balaban J connectivity index is 2.99. The normalized spacial score (nSPS) is 11.6. The fraction of sp³-hybridized carbons (Fsp3) is 0.462. The minimum atomic E-state index is 0.400. The molecule has 0 saturated heterocycles. The summed E-state index contributed by atoms with van der Waals surface area (Å²) in [7, 11) is 0. The van der Waals surface area contributed by atoms with Crippen molar-refractivity contribution in [1.29, 1.82) is 5.53 Å². The molecule has 0 heterocycles. The lowest BCUT2D eigenvalue weighted by Crippen LogP contribution is -2.09. The highest BCUT2D eigenvalue weighted by Gasteiger charge is 2.24. The number of hydrogen-bond acceptors (Lipinski definition) is 2. The average Bonchev–Trinajstić information content (AvgIpc) is 2.64. The van der Waals surface area contributed by atoms with E-state index in [-0.39, 0.29) is 0 Å². The van der Waals surface area contributed by atoms with Crippen molar-refractivity contribution in [1.82, 2.24) is 0 Å².